The molecular formula is C83H118N20O19S2. The van der Waals surface area contributed by atoms with Crippen molar-refractivity contribution in [1.82, 2.24) is 74.1 Å². The van der Waals surface area contributed by atoms with Gasteiger partial charge in [-0.15, -0.1) is 0 Å². The quantitative estimate of drug-likeness (QED) is 0.0142. The van der Waals surface area contributed by atoms with Gasteiger partial charge in [0.1, 0.15) is 78.3 Å². The SMILES string of the molecule is CC(=O)NCCCC[C@H](NC(=O)[C@](C)(CCCCN)NC(=O)[C@H](Cc1ccc2ccccc2c1)NC(=O)[C@H](Cc1ccc(OCCN)cc1)NC(=O)[C@H]1NC(=O)[C@H](CCC(N)=O)NC(=O)[C@H](Cc2c[nH]c3c(C)cccc23)NC(=O)[C@H]([C@@H](C)O)NC(=O)[C@H](CC(N)=O)NC(=O)[C@@H](NC(C)=O)C(C)(C)SSC1(C)C)C(=O)N[C@@H](CC(N)=O)C(=O)NCCC(N)=O. The number of aliphatic hydroxyl groups is 1. The summed E-state index contributed by atoms with van der Waals surface area (Å²) in [6, 6.07) is 6.50. The molecule has 12 atom stereocenters. The zero-order valence-electron chi connectivity index (χ0n) is 71.0. The maximum atomic E-state index is 16.2. The molecule has 0 bridgehead atoms. The lowest BCUT2D eigenvalue weighted by molar-refractivity contribution is -0.138. The molecule has 39 nitrogen and oxygen atoms in total. The normalized spacial score (nSPS) is 19.3. The van der Waals surface area contributed by atoms with Gasteiger partial charge in [-0.25, -0.2) is 0 Å². The predicted molar refractivity (Wildman–Crippen MR) is 464 cm³/mol. The van der Waals surface area contributed by atoms with Gasteiger partial charge in [-0.3, -0.25) is 81.5 Å². The van der Waals surface area contributed by atoms with Gasteiger partial charge in [0.2, 0.25) is 100 Å². The molecule has 17 amide bonds. The second-order valence-electron chi connectivity index (χ2n) is 31.9. The maximum absolute atomic E-state index is 16.2. The summed E-state index contributed by atoms with van der Waals surface area (Å²) in [5.74, 6) is -16.4. The third-order valence-corrected chi connectivity index (χ3v) is 24.7. The summed E-state index contributed by atoms with van der Waals surface area (Å²) < 4.78 is 2.49. The molecule has 1 fully saturated rings. The molecule has 0 saturated carbocycles. The van der Waals surface area contributed by atoms with Crippen molar-refractivity contribution < 1.29 is 91.4 Å². The number of rotatable bonds is 41. The van der Waals surface area contributed by atoms with Crippen molar-refractivity contribution in [3.63, 3.8) is 0 Å². The molecule has 1 aromatic heterocycles. The maximum Gasteiger partial charge on any atom is 0.246 e. The van der Waals surface area contributed by atoms with Crippen molar-refractivity contribution in [2.24, 2.45) is 34.4 Å². The van der Waals surface area contributed by atoms with Crippen LogP contribution in [-0.2, 0) is 101 Å². The summed E-state index contributed by atoms with van der Waals surface area (Å²) in [6.07, 6.45) is -3.77. The smallest absolute Gasteiger partial charge is 0.246 e. The van der Waals surface area contributed by atoms with E-state index in [9.17, 15) is 57.8 Å². The van der Waals surface area contributed by atoms with E-state index in [0.717, 1.165) is 46.4 Å². The topological polar surface area (TPSA) is 648 Å². The Hall–Kier alpha value is -11.9. The molecule has 124 heavy (non-hydrogen) atoms. The summed E-state index contributed by atoms with van der Waals surface area (Å²) in [4.78, 5) is 244. The number of carbonyl (C=O) groups is 17. The van der Waals surface area contributed by atoms with Crippen LogP contribution in [-0.4, -0.2) is 225 Å². The molecule has 27 N–H and O–H groups in total. The Bertz CT molecular complexity index is 4680. The number of H-pyrrole nitrogens is 1. The number of benzene rings is 4. The first-order valence-electron chi connectivity index (χ1n) is 40.6. The zero-order chi connectivity index (χ0) is 91.9. The highest BCUT2D eigenvalue weighted by Crippen LogP contribution is 2.47. The molecule has 676 valence electrons. The lowest BCUT2D eigenvalue weighted by Gasteiger charge is -2.39. The van der Waals surface area contributed by atoms with Crippen LogP contribution in [0.2, 0.25) is 0 Å². The Kier molecular flexibility index (Phi) is 38.7. The average molecular weight is 1760 g/mol. The Labute approximate surface area is 725 Å². The van der Waals surface area contributed by atoms with Gasteiger partial charge in [-0.05, 0) is 145 Å². The first-order chi connectivity index (χ1) is 58.4. The van der Waals surface area contributed by atoms with Gasteiger partial charge in [0, 0.05) is 92.2 Å². The van der Waals surface area contributed by atoms with E-state index in [2.05, 4.69) is 74.1 Å². The van der Waals surface area contributed by atoms with E-state index >= 15 is 28.8 Å². The Morgan fingerprint density at radius 3 is 1.82 bits per heavy atom. The number of aromatic nitrogens is 1. The fraction of sp³-hybridized carbons (Fsp3) is 0.506. The van der Waals surface area contributed by atoms with E-state index in [-0.39, 0.29) is 90.1 Å². The van der Waals surface area contributed by atoms with E-state index in [1.54, 1.807) is 66.9 Å². The first kappa shape index (κ1) is 101. The fourth-order valence-electron chi connectivity index (χ4n) is 13.6. The van der Waals surface area contributed by atoms with Gasteiger partial charge < -0.3 is 118 Å². The summed E-state index contributed by atoms with van der Waals surface area (Å²) in [6.45, 7) is 12.9. The number of unbranched alkanes of at least 4 members (excludes halogenated alkanes) is 2. The molecular weight excluding hydrogens is 1650 g/mol. The van der Waals surface area contributed by atoms with Crippen LogP contribution in [0.1, 0.15) is 148 Å². The van der Waals surface area contributed by atoms with Gasteiger partial charge in [-0.2, -0.15) is 0 Å². The second kappa shape index (κ2) is 47.6. The highest BCUT2D eigenvalue weighted by Gasteiger charge is 2.47. The largest absolute Gasteiger partial charge is 0.492 e. The fourth-order valence-corrected chi connectivity index (χ4v) is 16.4. The molecule has 0 spiro atoms. The summed E-state index contributed by atoms with van der Waals surface area (Å²) >= 11 is 0. The van der Waals surface area contributed by atoms with Crippen LogP contribution in [0.3, 0.4) is 0 Å². The molecule has 0 aliphatic carbocycles. The minimum absolute atomic E-state index is 0.111. The van der Waals surface area contributed by atoms with Gasteiger partial charge in [0.05, 0.1) is 18.9 Å². The summed E-state index contributed by atoms with van der Waals surface area (Å²) in [5.41, 5.74) is 34.6. The minimum Gasteiger partial charge on any atom is -0.492 e. The lowest BCUT2D eigenvalue weighted by atomic mass is 9.91. The Morgan fingerprint density at radius 2 is 1.19 bits per heavy atom. The van der Waals surface area contributed by atoms with Crippen LogP contribution in [0.5, 0.6) is 5.75 Å². The van der Waals surface area contributed by atoms with E-state index in [1.165, 1.54) is 41.5 Å². The molecule has 5 aromatic rings. The van der Waals surface area contributed by atoms with Crippen LogP contribution < -0.4 is 108 Å². The van der Waals surface area contributed by atoms with E-state index in [0.29, 0.717) is 45.1 Å². The molecule has 1 aliphatic rings. The second-order valence-corrected chi connectivity index (χ2v) is 35.3. The molecule has 4 aromatic carbocycles. The molecule has 41 heteroatoms. The first-order valence-corrected chi connectivity index (χ1v) is 42.8. The number of nitrogens with two attached hydrogens (primary N) is 6. The van der Waals surface area contributed by atoms with Crippen LogP contribution in [0.4, 0.5) is 0 Å². The van der Waals surface area contributed by atoms with Crippen LogP contribution in [0.25, 0.3) is 21.7 Å². The van der Waals surface area contributed by atoms with E-state index < -0.39 is 208 Å². The van der Waals surface area contributed by atoms with Gasteiger partial charge in [0.15, 0.2) is 0 Å². The molecule has 0 unspecified atom stereocenters. The number of nitrogens with one attached hydrogen (secondary N) is 14. The number of aryl methyl sites for hydroxylation is 1. The number of ether oxygens (including phenoxy) is 1. The third-order valence-electron chi connectivity index (χ3n) is 20.4. The van der Waals surface area contributed by atoms with E-state index in [4.69, 9.17) is 39.1 Å². The van der Waals surface area contributed by atoms with Gasteiger partial charge >= 0.3 is 0 Å². The highest BCUT2D eigenvalue weighted by molar-refractivity contribution is 8.77. The van der Waals surface area contributed by atoms with Crippen molar-refractivity contribution in [2.45, 2.75) is 234 Å². The third kappa shape index (κ3) is 31.4. The van der Waals surface area contributed by atoms with Gasteiger partial charge in [-0.1, -0.05) is 94.4 Å². The predicted octanol–water partition coefficient (Wildman–Crippen LogP) is -2.49. The average Bonchev–Trinajstić information content (AvgIpc) is 1.43. The van der Waals surface area contributed by atoms with Crippen molar-refractivity contribution in [3.05, 3.63) is 113 Å². The molecule has 1 aliphatic heterocycles. The number of para-hydroxylation sites is 1. The monoisotopic (exact) mass is 1760 g/mol. The Balaban J connectivity index is 1.52. The van der Waals surface area contributed by atoms with Crippen LogP contribution >= 0.6 is 21.6 Å². The summed E-state index contributed by atoms with van der Waals surface area (Å²) in [7, 11) is 1.74. The number of primary amides is 4. The highest BCUT2D eigenvalue weighted by atomic mass is 33.1. The standard InChI is InChI=1S/C83H118N20O19S2/c1-44-17-16-20-54-52(43-92-66(44)54)40-59-74(115)94-56(28-29-62(86)107)72(113)102-69(82(7,8)124-123-81(5,6)68(93-47(4)106)78(119)99-61(42-65(89)110)75(116)101-67(45(2)104)77(118)97-59)79(120)98-57(38-48-23-26-53(27-24-48)122-36-33-85)73(114)95-58(39-49-22-25-50-18-10-11-19-51(50)37-49)76(117)103-83(9,31-13-14-32-84)80(121)100-55(21-12-15-34-90-46(3)105)71(112)96-60(41-64(88)109)70(111)91-35-30-63(87)108/h10-11,16-20,22-27,37,43,45,55-61,67-69,92,104H,12-15,21,28-36,38-42,84-85H2,1-9H3,(H2,86,107)(H2,87,108)(H2,88,109)(H2,89,110)(H,90,105)(H,91,111)(H,93,106)(H,94,115)(H,95,114)(H,96,112)(H,97,118)(H,98,120)(H,99,119)(H,100,121)(H,101,116)(H,102,113)(H,103,117)/t45-,55+,56+,57+,58+,59+,60+,61+,67+,68-,69-,83+/m1/s1. The van der Waals surface area contributed by atoms with Crippen molar-refractivity contribution in [2.75, 3.05) is 32.8 Å². The number of aromatic amines is 1. The molecule has 1 saturated heterocycles. The van der Waals surface area contributed by atoms with Crippen molar-refractivity contribution in [1.29, 1.82) is 0 Å². The number of aliphatic hydroxyl groups excluding tert-OH is 1. The lowest BCUT2D eigenvalue weighted by Crippen LogP contribution is -2.65. The van der Waals surface area contributed by atoms with Crippen molar-refractivity contribution >= 4 is 144 Å². The number of carbonyl (C=O) groups excluding carboxylic acids is 17. The molecule has 0 radical (unpaired) electrons. The molecule has 2 heterocycles. The van der Waals surface area contributed by atoms with Crippen LogP contribution in [0.15, 0.2) is 91.1 Å². The summed E-state index contributed by atoms with van der Waals surface area (Å²) in [5, 5.41) is 47.4. The Morgan fingerprint density at radius 1 is 0.573 bits per heavy atom. The minimum atomic E-state index is -2.01. The van der Waals surface area contributed by atoms with Gasteiger partial charge in [0.25, 0.3) is 0 Å². The number of hydrogen-bond acceptors (Lipinski definition) is 23. The van der Waals surface area contributed by atoms with Crippen LogP contribution in [0, 0.1) is 6.92 Å². The van der Waals surface area contributed by atoms with Crippen molar-refractivity contribution in [3.8, 4) is 5.75 Å². The van der Waals surface area contributed by atoms with E-state index in [1.807, 2.05) is 31.2 Å². The number of amides is 17. The number of hydrogen-bond donors (Lipinski definition) is 21. The zero-order valence-corrected chi connectivity index (χ0v) is 72.7. The molecule has 6 rings (SSSR count). The number of fused-ring (bicyclic) bond motifs is 2.